The first-order chi connectivity index (χ1) is 11.3. The van der Waals surface area contributed by atoms with E-state index >= 15 is 0 Å². The van der Waals surface area contributed by atoms with E-state index in [1.54, 1.807) is 26.0 Å². The van der Waals surface area contributed by atoms with Gasteiger partial charge in [0.25, 0.3) is 11.1 Å². The number of aliphatic carboxylic acids is 1. The molecule has 2 aromatic carbocycles. The van der Waals surface area contributed by atoms with E-state index in [1.807, 2.05) is 24.3 Å². The first-order valence-corrected chi connectivity index (χ1v) is 7.43. The van der Waals surface area contributed by atoms with Crippen molar-refractivity contribution in [3.8, 4) is 0 Å². The Morgan fingerprint density at radius 1 is 1.00 bits per heavy atom. The lowest BCUT2D eigenvalue weighted by molar-refractivity contribution is -0.139. The lowest BCUT2D eigenvalue weighted by Gasteiger charge is -2.07. The van der Waals surface area contributed by atoms with Crippen LogP contribution in [-0.2, 0) is 4.79 Å². The van der Waals surface area contributed by atoms with Crippen LogP contribution < -0.4 is 16.9 Å². The number of hydrogen-bond acceptors (Lipinski definition) is 4. The first-order valence-electron chi connectivity index (χ1n) is 7.43. The van der Waals surface area contributed by atoms with Crippen molar-refractivity contribution >= 4 is 27.5 Å². The number of hydrogen-bond donors (Lipinski definition) is 4. The van der Waals surface area contributed by atoms with Crippen molar-refractivity contribution in [2.45, 2.75) is 19.9 Å². The van der Waals surface area contributed by atoms with Crippen molar-refractivity contribution in [3.05, 3.63) is 57.1 Å². The van der Waals surface area contributed by atoms with Gasteiger partial charge in [-0.2, -0.15) is 0 Å². The van der Waals surface area contributed by atoms with Gasteiger partial charge >= 0.3 is 5.97 Å². The summed E-state index contributed by atoms with van der Waals surface area (Å²) in [7, 11) is 0. The average molecular weight is 329 g/mol. The van der Waals surface area contributed by atoms with Gasteiger partial charge in [-0.1, -0.05) is 38.1 Å². The van der Waals surface area contributed by atoms with E-state index < -0.39 is 12.0 Å². The fourth-order valence-corrected chi connectivity index (χ4v) is 2.15. The predicted molar refractivity (Wildman–Crippen MR) is 93.1 cm³/mol. The minimum atomic E-state index is -0.931. The van der Waals surface area contributed by atoms with Crippen LogP contribution in [-0.4, -0.2) is 27.3 Å². The zero-order chi connectivity index (χ0) is 17.9. The molecule has 126 valence electrons. The zero-order valence-corrected chi connectivity index (χ0v) is 13.4. The van der Waals surface area contributed by atoms with Gasteiger partial charge in [0, 0.05) is 0 Å². The van der Waals surface area contributed by atoms with Crippen LogP contribution in [0.2, 0.25) is 0 Å². The van der Waals surface area contributed by atoms with Gasteiger partial charge in [-0.3, -0.25) is 24.6 Å². The molecule has 3 aromatic rings. The summed E-state index contributed by atoms with van der Waals surface area (Å²) in [6, 6.07) is 10.4. The Labute approximate surface area is 137 Å². The van der Waals surface area contributed by atoms with Crippen LogP contribution in [0.15, 0.2) is 46.0 Å². The summed E-state index contributed by atoms with van der Waals surface area (Å²) in [5.74, 6) is -0.910. The van der Waals surface area contributed by atoms with Crippen molar-refractivity contribution in [2.24, 2.45) is 11.7 Å². The van der Waals surface area contributed by atoms with Gasteiger partial charge in [-0.25, -0.2) is 0 Å². The minimum absolute atomic E-state index is 0.0208. The Hall–Kier alpha value is -2.93. The molecule has 0 aliphatic carbocycles. The SMILES string of the molecule is CC(C)[C@H](N)C(=O)O.O=c1[nH][nH]c(=O)c2cc3ccccc3cc12. The molecule has 0 bridgehead atoms. The largest absolute Gasteiger partial charge is 0.480 e. The zero-order valence-electron chi connectivity index (χ0n) is 13.4. The van der Waals surface area contributed by atoms with Crippen LogP contribution >= 0.6 is 0 Å². The number of nitrogens with two attached hydrogens (primary N) is 1. The Bertz CT molecular complexity index is 920. The molecule has 1 atom stereocenters. The number of aromatic amines is 2. The molecule has 5 N–H and O–H groups in total. The molecule has 1 aromatic heterocycles. The number of benzene rings is 2. The van der Waals surface area contributed by atoms with E-state index in [1.165, 1.54) is 0 Å². The fraction of sp³-hybridized carbons (Fsp3) is 0.235. The lowest BCUT2D eigenvalue weighted by atomic mass is 10.1. The molecule has 0 radical (unpaired) electrons. The standard InChI is InChI=1S/C12H8N2O2.C5H11NO2/c15-11-9-5-7-3-1-2-4-8(7)6-10(9)12(16)14-13-11;1-3(2)4(6)5(7)8/h1-6H,(H,13,15)(H,14,16);3-4H,6H2,1-2H3,(H,7,8)/t;4-/m.0/s1. The molecule has 24 heavy (non-hydrogen) atoms. The van der Waals surface area contributed by atoms with Crippen LogP contribution in [0.5, 0.6) is 0 Å². The molecule has 1 heterocycles. The molecule has 0 saturated carbocycles. The van der Waals surface area contributed by atoms with Crippen LogP contribution in [0.25, 0.3) is 21.5 Å². The normalized spacial score (nSPS) is 12.0. The maximum absolute atomic E-state index is 11.5. The van der Waals surface area contributed by atoms with Gasteiger partial charge < -0.3 is 10.8 Å². The first kappa shape index (κ1) is 17.4. The van der Waals surface area contributed by atoms with E-state index in [9.17, 15) is 14.4 Å². The Morgan fingerprint density at radius 2 is 1.42 bits per heavy atom. The summed E-state index contributed by atoms with van der Waals surface area (Å²) in [5.41, 5.74) is 4.60. The molecule has 0 unspecified atom stereocenters. The molecule has 0 fully saturated rings. The van der Waals surface area contributed by atoms with Crippen molar-refractivity contribution < 1.29 is 9.90 Å². The monoisotopic (exact) mass is 329 g/mol. The van der Waals surface area contributed by atoms with Crippen molar-refractivity contribution in [2.75, 3.05) is 0 Å². The second-order valence-electron chi connectivity index (χ2n) is 5.76. The summed E-state index contributed by atoms with van der Waals surface area (Å²) >= 11 is 0. The fourth-order valence-electron chi connectivity index (χ4n) is 2.15. The molecule has 7 heteroatoms. The third kappa shape index (κ3) is 3.69. The van der Waals surface area contributed by atoms with Gasteiger partial charge in [-0.15, -0.1) is 0 Å². The average Bonchev–Trinajstić information content (AvgIpc) is 2.56. The molecule has 0 amide bonds. The lowest BCUT2D eigenvalue weighted by Crippen LogP contribution is -2.34. The Kier molecular flexibility index (Phi) is 5.15. The minimum Gasteiger partial charge on any atom is -0.480 e. The van der Waals surface area contributed by atoms with Gasteiger partial charge in [0.1, 0.15) is 6.04 Å². The molecular formula is C17H19N3O4. The van der Waals surface area contributed by atoms with E-state index in [0.29, 0.717) is 10.8 Å². The summed E-state index contributed by atoms with van der Waals surface area (Å²) in [4.78, 5) is 33.1. The van der Waals surface area contributed by atoms with Crippen LogP contribution in [0.3, 0.4) is 0 Å². The van der Waals surface area contributed by atoms with E-state index in [4.69, 9.17) is 10.8 Å². The number of nitrogens with one attached hydrogen (secondary N) is 2. The van der Waals surface area contributed by atoms with Crippen molar-refractivity contribution in [1.82, 2.24) is 10.2 Å². The van der Waals surface area contributed by atoms with Crippen LogP contribution in [0.4, 0.5) is 0 Å². The highest BCUT2D eigenvalue weighted by Gasteiger charge is 2.14. The number of carboxylic acids is 1. The highest BCUT2D eigenvalue weighted by molar-refractivity contribution is 5.97. The summed E-state index contributed by atoms with van der Waals surface area (Å²) in [5, 5.41) is 15.6. The smallest absolute Gasteiger partial charge is 0.320 e. The second kappa shape index (κ2) is 7.10. The van der Waals surface area contributed by atoms with Gasteiger partial charge in [0.05, 0.1) is 10.8 Å². The molecule has 0 aliphatic heterocycles. The molecule has 0 aliphatic rings. The summed E-state index contributed by atoms with van der Waals surface area (Å²) in [6.07, 6.45) is 0. The maximum Gasteiger partial charge on any atom is 0.320 e. The Morgan fingerprint density at radius 3 is 1.71 bits per heavy atom. The van der Waals surface area contributed by atoms with E-state index in [-0.39, 0.29) is 17.0 Å². The van der Waals surface area contributed by atoms with Gasteiger partial charge in [0.15, 0.2) is 0 Å². The third-order valence-corrected chi connectivity index (χ3v) is 3.67. The molecule has 0 spiro atoms. The highest BCUT2D eigenvalue weighted by atomic mass is 16.4. The maximum atomic E-state index is 11.5. The number of carboxylic acid groups (broad SMARTS) is 1. The summed E-state index contributed by atoms with van der Waals surface area (Å²) < 4.78 is 0. The molecular weight excluding hydrogens is 310 g/mol. The van der Waals surface area contributed by atoms with E-state index in [2.05, 4.69) is 10.2 Å². The van der Waals surface area contributed by atoms with Gasteiger partial charge in [0.2, 0.25) is 0 Å². The molecule has 0 saturated heterocycles. The Balaban J connectivity index is 0.000000224. The topological polar surface area (TPSA) is 129 Å². The van der Waals surface area contributed by atoms with Crippen LogP contribution in [0.1, 0.15) is 13.8 Å². The summed E-state index contributed by atoms with van der Waals surface area (Å²) in [6.45, 7) is 3.55. The number of aromatic nitrogens is 2. The van der Waals surface area contributed by atoms with Crippen molar-refractivity contribution in [1.29, 1.82) is 0 Å². The van der Waals surface area contributed by atoms with E-state index in [0.717, 1.165) is 10.8 Å². The molecule has 7 nitrogen and oxygen atoms in total. The van der Waals surface area contributed by atoms with Gasteiger partial charge in [-0.05, 0) is 28.8 Å². The quantitative estimate of drug-likeness (QED) is 0.528. The molecule has 3 rings (SSSR count). The third-order valence-electron chi connectivity index (χ3n) is 3.67. The number of H-pyrrole nitrogens is 2. The number of carbonyl (C=O) groups is 1. The number of rotatable bonds is 2. The predicted octanol–water partition coefficient (Wildman–Crippen LogP) is 1.42. The van der Waals surface area contributed by atoms with Crippen molar-refractivity contribution in [3.63, 3.8) is 0 Å². The highest BCUT2D eigenvalue weighted by Crippen LogP contribution is 2.17. The van der Waals surface area contributed by atoms with Crippen LogP contribution in [0, 0.1) is 5.92 Å². The second-order valence-corrected chi connectivity index (χ2v) is 5.76. The number of fused-ring (bicyclic) bond motifs is 2.